The zero-order valence-electron chi connectivity index (χ0n) is 13.9. The van der Waals surface area contributed by atoms with Gasteiger partial charge in [0.25, 0.3) is 0 Å². The molecule has 3 heterocycles. The molecule has 0 saturated carbocycles. The lowest BCUT2D eigenvalue weighted by molar-refractivity contribution is 0.0730. The molecule has 7 nitrogen and oxygen atoms in total. The van der Waals surface area contributed by atoms with Gasteiger partial charge in [0.15, 0.2) is 6.29 Å². The standard InChI is InChI=1S/C18H17N3O4S/c22-12-15-14-11-13(26(23,24)21-7-9-25-10-8-21)4-5-16(14)20-18(15)17-3-1-2-6-19-17/h1-6,11-12,20H,7-10H2. The van der Waals surface area contributed by atoms with E-state index in [0.717, 1.165) is 6.29 Å². The normalized spacial score (nSPS) is 16.0. The zero-order chi connectivity index (χ0) is 18.1. The van der Waals surface area contributed by atoms with Gasteiger partial charge in [-0.1, -0.05) is 6.07 Å². The van der Waals surface area contributed by atoms with Crippen LogP contribution in [0.4, 0.5) is 0 Å². The van der Waals surface area contributed by atoms with Crippen molar-refractivity contribution < 1.29 is 17.9 Å². The van der Waals surface area contributed by atoms with Gasteiger partial charge in [-0.2, -0.15) is 4.31 Å². The molecule has 4 rings (SSSR count). The minimum absolute atomic E-state index is 0.168. The molecule has 0 radical (unpaired) electrons. The Morgan fingerprint density at radius 2 is 1.96 bits per heavy atom. The Morgan fingerprint density at radius 3 is 2.65 bits per heavy atom. The maximum absolute atomic E-state index is 12.9. The molecule has 0 unspecified atom stereocenters. The van der Waals surface area contributed by atoms with Gasteiger partial charge in [-0.05, 0) is 30.3 Å². The van der Waals surface area contributed by atoms with E-state index in [1.165, 1.54) is 4.31 Å². The summed E-state index contributed by atoms with van der Waals surface area (Å²) in [6, 6.07) is 10.2. The van der Waals surface area contributed by atoms with Crippen molar-refractivity contribution in [1.29, 1.82) is 0 Å². The lowest BCUT2D eigenvalue weighted by Crippen LogP contribution is -2.40. The first kappa shape index (κ1) is 16.9. The SMILES string of the molecule is O=Cc1c(-c2ccccn2)[nH]c2ccc(S(=O)(=O)N3CCOCC3)cc12. The number of carbonyl (C=O) groups is 1. The van der Waals surface area contributed by atoms with Crippen LogP contribution in [0, 0.1) is 0 Å². The Kier molecular flexibility index (Phi) is 4.31. The van der Waals surface area contributed by atoms with Crippen LogP contribution in [-0.2, 0) is 14.8 Å². The fourth-order valence-corrected chi connectivity index (χ4v) is 4.56. The van der Waals surface area contributed by atoms with Gasteiger partial charge in [-0.25, -0.2) is 8.42 Å². The van der Waals surface area contributed by atoms with Crippen LogP contribution in [0.25, 0.3) is 22.3 Å². The van der Waals surface area contributed by atoms with E-state index in [4.69, 9.17) is 4.74 Å². The molecule has 8 heteroatoms. The lowest BCUT2D eigenvalue weighted by atomic mass is 10.1. The summed E-state index contributed by atoms with van der Waals surface area (Å²) in [6.45, 7) is 1.42. The molecule has 3 aromatic rings. The number of morpholine rings is 1. The van der Waals surface area contributed by atoms with Gasteiger partial charge in [0, 0.05) is 35.8 Å². The van der Waals surface area contributed by atoms with Gasteiger partial charge >= 0.3 is 0 Å². The second-order valence-corrected chi connectivity index (χ2v) is 7.91. The van der Waals surface area contributed by atoms with E-state index in [1.807, 2.05) is 6.07 Å². The molecule has 2 aromatic heterocycles. The Morgan fingerprint density at radius 1 is 1.15 bits per heavy atom. The number of ether oxygens (including phenoxy) is 1. The predicted molar refractivity (Wildman–Crippen MR) is 96.5 cm³/mol. The second-order valence-electron chi connectivity index (χ2n) is 5.97. The minimum Gasteiger partial charge on any atom is -0.379 e. The quantitative estimate of drug-likeness (QED) is 0.709. The molecule has 1 saturated heterocycles. The van der Waals surface area contributed by atoms with E-state index in [2.05, 4.69) is 9.97 Å². The van der Waals surface area contributed by atoms with Crippen LogP contribution in [0.15, 0.2) is 47.5 Å². The fraction of sp³-hybridized carbons (Fsp3) is 0.222. The van der Waals surface area contributed by atoms with Crippen molar-refractivity contribution in [2.24, 2.45) is 0 Å². The van der Waals surface area contributed by atoms with Crippen molar-refractivity contribution in [3.05, 3.63) is 48.2 Å². The number of nitrogens with one attached hydrogen (secondary N) is 1. The molecule has 0 spiro atoms. The maximum atomic E-state index is 12.9. The molecular formula is C18H17N3O4S. The van der Waals surface area contributed by atoms with Crippen molar-refractivity contribution in [3.8, 4) is 11.4 Å². The molecule has 26 heavy (non-hydrogen) atoms. The van der Waals surface area contributed by atoms with Gasteiger partial charge in [0.1, 0.15) is 0 Å². The molecule has 0 aliphatic carbocycles. The van der Waals surface area contributed by atoms with E-state index in [9.17, 15) is 13.2 Å². The van der Waals surface area contributed by atoms with Crippen LogP contribution in [0.3, 0.4) is 0 Å². The highest BCUT2D eigenvalue weighted by Crippen LogP contribution is 2.30. The molecule has 0 atom stereocenters. The average molecular weight is 371 g/mol. The van der Waals surface area contributed by atoms with Gasteiger partial charge in [-0.3, -0.25) is 9.78 Å². The van der Waals surface area contributed by atoms with Crippen molar-refractivity contribution in [1.82, 2.24) is 14.3 Å². The summed E-state index contributed by atoms with van der Waals surface area (Å²) in [7, 11) is -3.63. The van der Waals surface area contributed by atoms with Crippen molar-refractivity contribution in [2.45, 2.75) is 4.90 Å². The first-order valence-corrected chi connectivity index (χ1v) is 9.65. The Bertz CT molecular complexity index is 1050. The highest BCUT2D eigenvalue weighted by atomic mass is 32.2. The number of aromatic nitrogens is 2. The van der Waals surface area contributed by atoms with Gasteiger partial charge in [-0.15, -0.1) is 0 Å². The summed E-state index contributed by atoms with van der Waals surface area (Å²) >= 11 is 0. The van der Waals surface area contributed by atoms with Gasteiger partial charge in [0.05, 0.1) is 29.5 Å². The monoisotopic (exact) mass is 371 g/mol. The smallest absolute Gasteiger partial charge is 0.243 e. The molecule has 1 fully saturated rings. The van der Waals surface area contributed by atoms with Crippen molar-refractivity contribution in [2.75, 3.05) is 26.3 Å². The van der Waals surface area contributed by atoms with Crippen LogP contribution in [0.5, 0.6) is 0 Å². The number of fused-ring (bicyclic) bond motifs is 1. The lowest BCUT2D eigenvalue weighted by Gasteiger charge is -2.26. The Balaban J connectivity index is 1.84. The molecule has 0 bridgehead atoms. The van der Waals surface area contributed by atoms with Crippen LogP contribution in [0.2, 0.25) is 0 Å². The van der Waals surface area contributed by atoms with Crippen LogP contribution in [0.1, 0.15) is 10.4 Å². The average Bonchev–Trinajstić information content (AvgIpc) is 3.07. The van der Waals surface area contributed by atoms with E-state index < -0.39 is 10.0 Å². The summed E-state index contributed by atoms with van der Waals surface area (Å²) in [5, 5.41) is 0.565. The molecule has 0 amide bonds. The number of rotatable bonds is 4. The van der Waals surface area contributed by atoms with Crippen LogP contribution < -0.4 is 0 Å². The number of benzene rings is 1. The molecule has 134 valence electrons. The number of aldehydes is 1. The number of pyridine rings is 1. The summed E-state index contributed by atoms with van der Waals surface area (Å²) < 4.78 is 32.4. The second kappa shape index (κ2) is 6.64. The van der Waals surface area contributed by atoms with Crippen molar-refractivity contribution in [3.63, 3.8) is 0 Å². The number of carbonyl (C=O) groups excluding carboxylic acids is 1. The summed E-state index contributed by atoms with van der Waals surface area (Å²) in [6.07, 6.45) is 2.37. The summed E-state index contributed by atoms with van der Waals surface area (Å²) in [4.78, 5) is 19.3. The zero-order valence-corrected chi connectivity index (χ0v) is 14.7. The number of sulfonamides is 1. The first-order valence-electron chi connectivity index (χ1n) is 8.21. The number of nitrogens with zero attached hydrogens (tertiary/aromatic N) is 2. The fourth-order valence-electron chi connectivity index (χ4n) is 3.12. The highest BCUT2D eigenvalue weighted by molar-refractivity contribution is 7.89. The summed E-state index contributed by atoms with van der Waals surface area (Å²) in [5.41, 5.74) is 2.30. The third-order valence-electron chi connectivity index (χ3n) is 4.46. The molecular weight excluding hydrogens is 354 g/mol. The molecule has 1 N–H and O–H groups in total. The molecule has 1 aliphatic heterocycles. The third-order valence-corrected chi connectivity index (χ3v) is 6.35. The molecule has 1 aliphatic rings. The van der Waals surface area contributed by atoms with Gasteiger partial charge < -0.3 is 9.72 Å². The Labute approximate surface area is 150 Å². The number of hydrogen-bond donors (Lipinski definition) is 1. The van der Waals surface area contributed by atoms with Crippen LogP contribution in [-0.4, -0.2) is 55.3 Å². The minimum atomic E-state index is -3.63. The Hall–Kier alpha value is -2.55. The van der Waals surface area contributed by atoms with Crippen LogP contribution >= 0.6 is 0 Å². The van der Waals surface area contributed by atoms with Crippen molar-refractivity contribution >= 4 is 27.2 Å². The molecule has 1 aromatic carbocycles. The highest BCUT2D eigenvalue weighted by Gasteiger charge is 2.27. The summed E-state index contributed by atoms with van der Waals surface area (Å²) in [5.74, 6) is 0. The largest absolute Gasteiger partial charge is 0.379 e. The first-order chi connectivity index (χ1) is 12.6. The van der Waals surface area contributed by atoms with Gasteiger partial charge in [0.2, 0.25) is 10.0 Å². The van der Waals surface area contributed by atoms with E-state index in [1.54, 1.807) is 36.5 Å². The van der Waals surface area contributed by atoms with E-state index in [-0.39, 0.29) is 4.90 Å². The van der Waals surface area contributed by atoms with E-state index in [0.29, 0.717) is 54.2 Å². The topological polar surface area (TPSA) is 92.4 Å². The number of H-pyrrole nitrogens is 1. The van der Waals surface area contributed by atoms with E-state index >= 15 is 0 Å². The number of aromatic amines is 1. The predicted octanol–water partition coefficient (Wildman–Crippen LogP) is 2.06. The number of hydrogen-bond acceptors (Lipinski definition) is 5. The third kappa shape index (κ3) is 2.82. The maximum Gasteiger partial charge on any atom is 0.243 e.